The molecule has 21 heavy (non-hydrogen) atoms. The van der Waals surface area contributed by atoms with E-state index in [1.807, 2.05) is 6.07 Å². The first-order valence-electron chi connectivity index (χ1n) is 6.59. The van der Waals surface area contributed by atoms with Crippen LogP contribution in [0.2, 0.25) is 0 Å². The summed E-state index contributed by atoms with van der Waals surface area (Å²) < 4.78 is 0. The predicted octanol–water partition coefficient (Wildman–Crippen LogP) is 2.57. The van der Waals surface area contributed by atoms with Crippen LogP contribution in [-0.4, -0.2) is 27.4 Å². The van der Waals surface area contributed by atoms with Crippen molar-refractivity contribution in [2.24, 2.45) is 0 Å². The maximum atomic E-state index is 11.3. The number of aromatic nitrogens is 2. The van der Waals surface area contributed by atoms with Crippen molar-refractivity contribution in [3.8, 4) is 0 Å². The molecular formula is C14H16N4O3. The van der Waals surface area contributed by atoms with Crippen LogP contribution >= 0.6 is 0 Å². The number of aryl methyl sites for hydroxylation is 1. The number of nitrogens with zero attached hydrogens (tertiary/aromatic N) is 2. The summed E-state index contributed by atoms with van der Waals surface area (Å²) in [6.45, 7) is 1.98. The second-order valence-corrected chi connectivity index (χ2v) is 4.66. The minimum atomic E-state index is -0.482. The number of anilines is 1. The second-order valence-electron chi connectivity index (χ2n) is 4.66. The molecule has 0 amide bonds. The number of hydrogen-bond acceptors (Lipinski definition) is 5. The molecule has 0 spiro atoms. The SMILES string of the molecule is CC(=O)c1ccc(NCCCc2ccn[nH]2)c([N+](=O)[O-])c1. The van der Waals surface area contributed by atoms with E-state index in [0.29, 0.717) is 17.8 Å². The first-order valence-corrected chi connectivity index (χ1v) is 6.59. The van der Waals surface area contributed by atoms with E-state index in [-0.39, 0.29) is 11.5 Å². The highest BCUT2D eigenvalue weighted by molar-refractivity contribution is 5.95. The third-order valence-corrected chi connectivity index (χ3v) is 3.10. The van der Waals surface area contributed by atoms with Gasteiger partial charge in [-0.1, -0.05) is 0 Å². The average molecular weight is 288 g/mol. The van der Waals surface area contributed by atoms with Gasteiger partial charge in [-0.15, -0.1) is 0 Å². The normalized spacial score (nSPS) is 10.3. The lowest BCUT2D eigenvalue weighted by molar-refractivity contribution is -0.384. The lowest BCUT2D eigenvalue weighted by atomic mass is 10.1. The van der Waals surface area contributed by atoms with Crippen LogP contribution in [0.3, 0.4) is 0 Å². The molecule has 110 valence electrons. The molecule has 0 saturated carbocycles. The van der Waals surface area contributed by atoms with Gasteiger partial charge in [-0.05, 0) is 38.0 Å². The maximum Gasteiger partial charge on any atom is 0.293 e. The predicted molar refractivity (Wildman–Crippen MR) is 78.5 cm³/mol. The zero-order valence-electron chi connectivity index (χ0n) is 11.6. The van der Waals surface area contributed by atoms with Crippen LogP contribution in [0.5, 0.6) is 0 Å². The van der Waals surface area contributed by atoms with E-state index in [4.69, 9.17) is 0 Å². The van der Waals surface area contributed by atoms with Crippen LogP contribution in [0, 0.1) is 10.1 Å². The van der Waals surface area contributed by atoms with Crippen LogP contribution in [0.1, 0.15) is 29.4 Å². The molecule has 2 aromatic rings. The number of nitrogens with one attached hydrogen (secondary N) is 2. The Bertz CT molecular complexity index is 638. The Morgan fingerprint density at radius 3 is 2.86 bits per heavy atom. The van der Waals surface area contributed by atoms with Crippen molar-refractivity contribution in [3.05, 3.63) is 51.8 Å². The number of benzene rings is 1. The molecule has 0 aliphatic carbocycles. The number of nitro groups is 1. The lowest BCUT2D eigenvalue weighted by Crippen LogP contribution is -2.06. The first-order chi connectivity index (χ1) is 10.1. The third kappa shape index (κ3) is 3.88. The van der Waals surface area contributed by atoms with Crippen LogP contribution in [0.15, 0.2) is 30.5 Å². The largest absolute Gasteiger partial charge is 0.379 e. The molecule has 0 saturated heterocycles. The van der Waals surface area contributed by atoms with Gasteiger partial charge < -0.3 is 5.32 Å². The Morgan fingerprint density at radius 1 is 1.43 bits per heavy atom. The molecule has 0 radical (unpaired) electrons. The summed E-state index contributed by atoms with van der Waals surface area (Å²) in [5, 5.41) is 20.8. The van der Waals surface area contributed by atoms with Gasteiger partial charge in [0.2, 0.25) is 0 Å². The number of carbonyl (C=O) groups is 1. The Hall–Kier alpha value is -2.70. The second kappa shape index (κ2) is 6.65. The molecule has 2 N–H and O–H groups in total. The van der Waals surface area contributed by atoms with Crippen molar-refractivity contribution in [1.82, 2.24) is 10.2 Å². The molecule has 0 fully saturated rings. The summed E-state index contributed by atoms with van der Waals surface area (Å²) >= 11 is 0. The van der Waals surface area contributed by atoms with Gasteiger partial charge in [0.25, 0.3) is 5.69 Å². The van der Waals surface area contributed by atoms with Crippen LogP contribution < -0.4 is 5.32 Å². The highest BCUT2D eigenvalue weighted by Crippen LogP contribution is 2.25. The summed E-state index contributed by atoms with van der Waals surface area (Å²) in [6.07, 6.45) is 3.31. The third-order valence-electron chi connectivity index (χ3n) is 3.10. The van der Waals surface area contributed by atoms with Crippen molar-refractivity contribution < 1.29 is 9.72 Å². The highest BCUT2D eigenvalue weighted by Gasteiger charge is 2.15. The van der Waals surface area contributed by atoms with Gasteiger partial charge in [-0.2, -0.15) is 5.10 Å². The zero-order valence-corrected chi connectivity index (χ0v) is 11.6. The molecule has 0 atom stereocenters. The van der Waals surface area contributed by atoms with Crippen molar-refractivity contribution >= 4 is 17.2 Å². The van der Waals surface area contributed by atoms with E-state index in [0.717, 1.165) is 18.5 Å². The fourth-order valence-electron chi connectivity index (χ4n) is 1.98. The van der Waals surface area contributed by atoms with E-state index in [9.17, 15) is 14.9 Å². The molecule has 1 aromatic heterocycles. The minimum Gasteiger partial charge on any atom is -0.379 e. The summed E-state index contributed by atoms with van der Waals surface area (Å²) in [6, 6.07) is 6.36. The minimum absolute atomic E-state index is 0.0794. The molecular weight excluding hydrogens is 272 g/mol. The molecule has 0 unspecified atom stereocenters. The fourth-order valence-corrected chi connectivity index (χ4v) is 1.98. The van der Waals surface area contributed by atoms with Crippen molar-refractivity contribution in [2.75, 3.05) is 11.9 Å². The first kappa shape index (κ1) is 14.7. The summed E-state index contributed by atoms with van der Waals surface area (Å²) in [5.74, 6) is -0.191. The molecule has 0 aliphatic rings. The highest BCUT2D eigenvalue weighted by atomic mass is 16.6. The van der Waals surface area contributed by atoms with E-state index in [1.54, 1.807) is 18.3 Å². The number of Topliss-reactive ketones (excluding diaryl/α,β-unsaturated/α-hetero) is 1. The van der Waals surface area contributed by atoms with Gasteiger partial charge in [0, 0.05) is 30.1 Å². The van der Waals surface area contributed by atoms with Gasteiger partial charge in [0.15, 0.2) is 5.78 Å². The van der Waals surface area contributed by atoms with Gasteiger partial charge in [-0.3, -0.25) is 20.0 Å². The van der Waals surface area contributed by atoms with Gasteiger partial charge in [0.1, 0.15) is 5.69 Å². The lowest BCUT2D eigenvalue weighted by Gasteiger charge is -2.07. The summed E-state index contributed by atoms with van der Waals surface area (Å²) in [5.41, 5.74) is 1.71. The van der Waals surface area contributed by atoms with E-state index in [1.165, 1.54) is 13.0 Å². The molecule has 0 bridgehead atoms. The van der Waals surface area contributed by atoms with Crippen LogP contribution in [-0.2, 0) is 6.42 Å². The number of aromatic amines is 1. The Morgan fingerprint density at radius 2 is 2.24 bits per heavy atom. The van der Waals surface area contributed by atoms with E-state index >= 15 is 0 Å². The number of rotatable bonds is 7. The van der Waals surface area contributed by atoms with Gasteiger partial charge >= 0.3 is 0 Å². The number of nitro benzene ring substituents is 1. The van der Waals surface area contributed by atoms with Crippen molar-refractivity contribution in [3.63, 3.8) is 0 Å². The van der Waals surface area contributed by atoms with E-state index in [2.05, 4.69) is 15.5 Å². The van der Waals surface area contributed by atoms with Crippen LogP contribution in [0.25, 0.3) is 0 Å². The Balaban J connectivity index is 1.98. The molecule has 7 heteroatoms. The number of hydrogen-bond donors (Lipinski definition) is 2. The van der Waals surface area contributed by atoms with E-state index < -0.39 is 4.92 Å². The summed E-state index contributed by atoms with van der Waals surface area (Å²) in [4.78, 5) is 21.8. The smallest absolute Gasteiger partial charge is 0.293 e. The fraction of sp³-hybridized carbons (Fsp3) is 0.286. The topological polar surface area (TPSA) is 101 Å². The standard InChI is InChI=1S/C14H16N4O3/c1-10(19)11-4-5-13(14(9-11)18(20)21)15-7-2-3-12-6-8-16-17-12/h4-6,8-9,15H,2-3,7H2,1H3,(H,16,17). The van der Waals surface area contributed by atoms with Crippen LogP contribution in [0.4, 0.5) is 11.4 Å². The molecule has 1 heterocycles. The number of H-pyrrole nitrogens is 1. The number of ketones is 1. The number of carbonyl (C=O) groups excluding carboxylic acids is 1. The van der Waals surface area contributed by atoms with Gasteiger partial charge in [0.05, 0.1) is 4.92 Å². The average Bonchev–Trinajstić information content (AvgIpc) is 2.96. The quantitative estimate of drug-likeness (QED) is 0.353. The molecule has 7 nitrogen and oxygen atoms in total. The Labute approximate surface area is 121 Å². The monoisotopic (exact) mass is 288 g/mol. The molecule has 0 aliphatic heterocycles. The summed E-state index contributed by atoms with van der Waals surface area (Å²) in [7, 11) is 0. The van der Waals surface area contributed by atoms with Crippen molar-refractivity contribution in [1.29, 1.82) is 0 Å². The Kier molecular flexibility index (Phi) is 4.65. The maximum absolute atomic E-state index is 11.3. The van der Waals surface area contributed by atoms with Gasteiger partial charge in [-0.25, -0.2) is 0 Å². The molecule has 2 rings (SSSR count). The molecule has 1 aromatic carbocycles. The van der Waals surface area contributed by atoms with Crippen molar-refractivity contribution in [2.45, 2.75) is 19.8 Å². The zero-order chi connectivity index (χ0) is 15.2.